The summed E-state index contributed by atoms with van der Waals surface area (Å²) in [6.45, 7) is 1.88. The van der Waals surface area contributed by atoms with Gasteiger partial charge in [-0.3, -0.25) is 4.79 Å². The molecule has 0 radical (unpaired) electrons. The quantitative estimate of drug-likeness (QED) is 0.632. The molecule has 0 saturated heterocycles. The number of anilines is 1. The average molecular weight is 323 g/mol. The Kier molecular flexibility index (Phi) is 5.26. The van der Waals surface area contributed by atoms with Crippen LogP contribution in [0.4, 0.5) is 5.69 Å². The molecule has 1 amide bonds. The summed E-state index contributed by atoms with van der Waals surface area (Å²) in [7, 11) is 3.16. The van der Waals surface area contributed by atoms with Crippen LogP contribution < -0.4 is 19.8 Å². The Morgan fingerprint density at radius 2 is 2.36 bits per heavy atom. The first-order valence-corrected chi connectivity index (χ1v) is 7.57. The zero-order valence-corrected chi connectivity index (χ0v) is 13.3. The van der Waals surface area contributed by atoms with Crippen molar-refractivity contribution in [3.8, 4) is 11.7 Å². The van der Waals surface area contributed by atoms with Crippen molar-refractivity contribution in [1.82, 2.24) is 5.27 Å². The summed E-state index contributed by atoms with van der Waals surface area (Å²) in [5.41, 5.74) is 0.639. The predicted molar refractivity (Wildman–Crippen MR) is 78.7 cm³/mol. The lowest BCUT2D eigenvalue weighted by Crippen LogP contribution is -2.34. The largest absolute Gasteiger partial charge is 0.538 e. The van der Waals surface area contributed by atoms with Gasteiger partial charge in [0.1, 0.15) is 5.75 Å². The first kappa shape index (κ1) is 16.2. The monoisotopic (exact) mass is 323 g/mol. The lowest BCUT2D eigenvalue weighted by molar-refractivity contribution is -0.772. The lowest BCUT2D eigenvalue weighted by atomic mass is 10.2. The van der Waals surface area contributed by atoms with Gasteiger partial charge in [-0.2, -0.15) is 0 Å². The Morgan fingerprint density at radius 1 is 1.59 bits per heavy atom. The Labute approximate surface area is 132 Å². The number of hydrogen-bond acceptors (Lipinski definition) is 6. The molecule has 22 heavy (non-hydrogen) atoms. The molecule has 0 spiro atoms. The number of nitrogens with one attached hydrogen (secondary N) is 1. The molecule has 1 N–H and O–H groups in total. The second-order valence-corrected chi connectivity index (χ2v) is 5.72. The summed E-state index contributed by atoms with van der Waals surface area (Å²) in [4.78, 5) is 12.4. The molecule has 1 atom stereocenters. The Bertz CT molecular complexity index is 640. The number of thioether (sulfide) groups is 1. The molecule has 0 aliphatic carbocycles. The first-order chi connectivity index (χ1) is 10.5. The Balaban J connectivity index is 2.08. The Morgan fingerprint density at radius 3 is 2.95 bits per heavy atom. The van der Waals surface area contributed by atoms with Crippen molar-refractivity contribution in [2.45, 2.75) is 23.6 Å². The van der Waals surface area contributed by atoms with Crippen LogP contribution in [0.15, 0.2) is 33.8 Å². The number of aryl methyl sites for hydroxylation is 1. The number of benzene rings is 1. The van der Waals surface area contributed by atoms with E-state index in [2.05, 4.69) is 15.1 Å². The smallest absolute Gasteiger partial charge is 0.291 e. The van der Waals surface area contributed by atoms with Gasteiger partial charge in [0.15, 0.2) is 13.0 Å². The second kappa shape index (κ2) is 7.17. The topological polar surface area (TPSA) is 91.3 Å². The molecule has 7 nitrogen and oxygen atoms in total. The molecule has 0 aliphatic rings. The Hall–Kier alpha value is -2.22. The van der Waals surface area contributed by atoms with E-state index in [1.807, 2.05) is 6.92 Å². The van der Waals surface area contributed by atoms with E-state index in [4.69, 9.17) is 4.74 Å². The number of hydrogen-bond donors (Lipinski definition) is 1. The SMILES string of the molecule is CCC(Sc1c([O-])on[n+]1C)C(=O)Nc1cccc(OC)c1. The van der Waals surface area contributed by atoms with E-state index in [0.717, 1.165) is 11.8 Å². The van der Waals surface area contributed by atoms with Gasteiger partial charge in [-0.05, 0) is 30.3 Å². The molecule has 2 rings (SSSR count). The fraction of sp³-hybridized carbons (Fsp3) is 0.357. The minimum atomic E-state index is -0.542. The third-order valence-corrected chi connectivity index (χ3v) is 4.46. The van der Waals surface area contributed by atoms with Crippen LogP contribution in [0.1, 0.15) is 13.3 Å². The van der Waals surface area contributed by atoms with E-state index in [-0.39, 0.29) is 5.91 Å². The van der Waals surface area contributed by atoms with Crippen molar-refractivity contribution < 1.29 is 23.8 Å². The van der Waals surface area contributed by atoms with Crippen LogP contribution in [-0.4, -0.2) is 23.5 Å². The van der Waals surface area contributed by atoms with Crippen LogP contribution in [0, 0.1) is 0 Å². The van der Waals surface area contributed by atoms with Gasteiger partial charge < -0.3 is 19.7 Å². The molecule has 0 fully saturated rings. The lowest BCUT2D eigenvalue weighted by Gasteiger charge is -2.13. The van der Waals surface area contributed by atoms with E-state index < -0.39 is 11.2 Å². The molecule has 0 bridgehead atoms. The van der Waals surface area contributed by atoms with E-state index in [0.29, 0.717) is 22.9 Å². The molecule has 1 heterocycles. The highest BCUT2D eigenvalue weighted by Gasteiger charge is 2.25. The normalized spacial score (nSPS) is 12.0. The van der Waals surface area contributed by atoms with E-state index in [9.17, 15) is 9.90 Å². The van der Waals surface area contributed by atoms with E-state index >= 15 is 0 Å². The average Bonchev–Trinajstić information content (AvgIpc) is 2.83. The van der Waals surface area contributed by atoms with Crippen molar-refractivity contribution in [1.29, 1.82) is 0 Å². The molecule has 0 aliphatic heterocycles. The van der Waals surface area contributed by atoms with Gasteiger partial charge in [0.2, 0.25) is 5.91 Å². The summed E-state index contributed by atoms with van der Waals surface area (Å²) in [5, 5.41) is 17.8. The highest BCUT2D eigenvalue weighted by atomic mass is 32.2. The number of amides is 1. The summed E-state index contributed by atoms with van der Waals surface area (Å²) in [5.74, 6) is -0.0766. The third kappa shape index (κ3) is 3.70. The molecule has 1 aromatic carbocycles. The van der Waals surface area contributed by atoms with Crippen LogP contribution in [0.2, 0.25) is 0 Å². The van der Waals surface area contributed by atoms with E-state index in [1.165, 1.54) is 4.68 Å². The molecule has 1 aromatic heterocycles. The van der Waals surface area contributed by atoms with Gasteiger partial charge in [0.25, 0.3) is 5.03 Å². The third-order valence-electron chi connectivity index (χ3n) is 2.97. The highest BCUT2D eigenvalue weighted by molar-refractivity contribution is 8.00. The molecular weight excluding hydrogens is 306 g/mol. The maximum atomic E-state index is 12.4. The van der Waals surface area contributed by atoms with Crippen molar-refractivity contribution in [3.63, 3.8) is 0 Å². The molecule has 0 saturated carbocycles. The minimum absolute atomic E-state index is 0.193. The van der Waals surface area contributed by atoms with Crippen molar-refractivity contribution >= 4 is 23.4 Å². The van der Waals surface area contributed by atoms with Gasteiger partial charge in [-0.1, -0.05) is 17.7 Å². The van der Waals surface area contributed by atoms with Crippen LogP contribution in [0.5, 0.6) is 11.7 Å². The van der Waals surface area contributed by atoms with Crippen molar-refractivity contribution in [2.75, 3.05) is 12.4 Å². The first-order valence-electron chi connectivity index (χ1n) is 6.69. The van der Waals surface area contributed by atoms with Gasteiger partial charge in [-0.15, -0.1) is 0 Å². The summed E-state index contributed by atoms with van der Waals surface area (Å²) < 4.78 is 11.0. The number of aromatic nitrogens is 2. The molecular formula is C14H17N3O4S. The molecule has 1 unspecified atom stereocenters. The molecule has 118 valence electrons. The summed E-state index contributed by atoms with van der Waals surface area (Å²) in [6, 6.07) is 7.09. The predicted octanol–water partition coefficient (Wildman–Crippen LogP) is 1.09. The van der Waals surface area contributed by atoms with Crippen molar-refractivity contribution in [2.24, 2.45) is 7.05 Å². The second-order valence-electron chi connectivity index (χ2n) is 4.53. The van der Waals surface area contributed by atoms with Crippen molar-refractivity contribution in [3.05, 3.63) is 24.3 Å². The van der Waals surface area contributed by atoms with Gasteiger partial charge >= 0.3 is 0 Å². The number of ether oxygens (including phenoxy) is 1. The van der Waals surface area contributed by atoms with Crippen LogP contribution in [0.3, 0.4) is 0 Å². The highest BCUT2D eigenvalue weighted by Crippen LogP contribution is 2.28. The zero-order chi connectivity index (χ0) is 16.1. The minimum Gasteiger partial charge on any atom is -0.538 e. The maximum Gasteiger partial charge on any atom is 0.291 e. The number of carbonyl (C=O) groups excluding carboxylic acids is 1. The number of methoxy groups -OCH3 is 1. The maximum absolute atomic E-state index is 12.4. The fourth-order valence-electron chi connectivity index (χ4n) is 1.81. The van der Waals surface area contributed by atoms with Crippen LogP contribution in [-0.2, 0) is 11.8 Å². The standard InChI is InChI=1S/C14H17N3O4S/c1-4-11(22-13-14(19)21-16-17(13)2)12(18)15-9-6-5-7-10(8-9)20-3/h5-8,11H,4H2,1-3H3,(H-,15,16,18,19). The number of nitrogens with zero attached hydrogens (tertiary/aromatic N) is 2. The summed E-state index contributed by atoms with van der Waals surface area (Å²) >= 11 is 1.14. The van der Waals surface area contributed by atoms with E-state index in [1.54, 1.807) is 38.4 Å². The molecule has 8 heteroatoms. The summed E-state index contributed by atoms with van der Waals surface area (Å²) in [6.07, 6.45) is 0.561. The molecule has 2 aromatic rings. The number of carbonyl (C=O) groups is 1. The number of rotatable bonds is 6. The van der Waals surface area contributed by atoms with Crippen LogP contribution >= 0.6 is 11.8 Å². The van der Waals surface area contributed by atoms with Gasteiger partial charge in [0.05, 0.1) is 17.6 Å². The van der Waals surface area contributed by atoms with Gasteiger partial charge in [-0.25, -0.2) is 0 Å². The van der Waals surface area contributed by atoms with Gasteiger partial charge in [0, 0.05) is 11.8 Å². The zero-order valence-electron chi connectivity index (χ0n) is 12.5. The van der Waals surface area contributed by atoms with Crippen LogP contribution in [0.25, 0.3) is 0 Å². The fourth-order valence-corrected chi connectivity index (χ4v) is 2.73.